The number of hydrogen-bond donors (Lipinski definition) is 3. The number of methoxy groups -OCH3 is 1. The number of hydrogen-bond acceptors (Lipinski definition) is 7. The molecule has 1 unspecified atom stereocenters. The SMILES string of the molecule is COC[C@@H]1CNC[C@H](C(=O)N(C2CC2)C(C)c2nn(CCCNC(=O)O)c3nc(C)ccc23)O1. The third-order valence-corrected chi connectivity index (χ3v) is 6.28. The smallest absolute Gasteiger partial charge is 0.404 e. The van der Waals surface area contributed by atoms with Crippen LogP contribution in [-0.2, 0) is 20.8 Å². The lowest BCUT2D eigenvalue weighted by Gasteiger charge is -2.36. The maximum atomic E-state index is 13.6. The molecule has 2 aliphatic rings. The quantitative estimate of drug-likeness (QED) is 0.441. The fourth-order valence-electron chi connectivity index (χ4n) is 4.53. The summed E-state index contributed by atoms with van der Waals surface area (Å²) in [6.45, 7) is 6.36. The van der Waals surface area contributed by atoms with Crippen LogP contribution in [-0.4, -0.2) is 88.4 Å². The third kappa shape index (κ3) is 5.48. The average Bonchev–Trinajstić information content (AvgIpc) is 3.58. The number of pyridine rings is 1. The fraction of sp³-hybridized carbons (Fsp3) is 0.652. The first-order chi connectivity index (χ1) is 16.4. The van der Waals surface area contributed by atoms with Crippen molar-refractivity contribution in [3.8, 4) is 0 Å². The first-order valence-corrected chi connectivity index (χ1v) is 11.9. The molecule has 11 heteroatoms. The molecule has 3 heterocycles. The van der Waals surface area contributed by atoms with Gasteiger partial charge >= 0.3 is 6.09 Å². The van der Waals surface area contributed by atoms with Gasteiger partial charge < -0.3 is 30.1 Å². The Labute approximate surface area is 198 Å². The van der Waals surface area contributed by atoms with E-state index in [1.54, 1.807) is 7.11 Å². The lowest BCUT2D eigenvalue weighted by atomic mass is 10.1. The van der Waals surface area contributed by atoms with E-state index in [0.717, 1.165) is 35.3 Å². The summed E-state index contributed by atoms with van der Waals surface area (Å²) in [5, 5.41) is 20.3. The van der Waals surface area contributed by atoms with Gasteiger partial charge in [0.1, 0.15) is 6.10 Å². The number of aryl methyl sites for hydroxylation is 2. The summed E-state index contributed by atoms with van der Waals surface area (Å²) in [6, 6.07) is 3.87. The van der Waals surface area contributed by atoms with Crippen molar-refractivity contribution >= 4 is 23.0 Å². The van der Waals surface area contributed by atoms with E-state index in [1.807, 2.05) is 35.6 Å². The number of carbonyl (C=O) groups excluding carboxylic acids is 1. The topological polar surface area (TPSA) is 131 Å². The zero-order valence-electron chi connectivity index (χ0n) is 20.0. The molecule has 0 radical (unpaired) electrons. The van der Waals surface area contributed by atoms with Crippen molar-refractivity contribution in [1.82, 2.24) is 30.3 Å². The molecule has 2 aromatic rings. The van der Waals surface area contributed by atoms with Gasteiger partial charge in [0.25, 0.3) is 5.91 Å². The molecule has 1 aliphatic heterocycles. The van der Waals surface area contributed by atoms with Crippen molar-refractivity contribution < 1.29 is 24.2 Å². The summed E-state index contributed by atoms with van der Waals surface area (Å²) >= 11 is 0. The number of ether oxygens (including phenoxy) is 2. The van der Waals surface area contributed by atoms with E-state index in [-0.39, 0.29) is 24.1 Å². The fourth-order valence-corrected chi connectivity index (χ4v) is 4.53. The number of fused-ring (bicyclic) bond motifs is 1. The summed E-state index contributed by atoms with van der Waals surface area (Å²) in [5.41, 5.74) is 2.42. The van der Waals surface area contributed by atoms with Crippen molar-refractivity contribution in [3.05, 3.63) is 23.5 Å². The molecule has 186 valence electrons. The zero-order valence-corrected chi connectivity index (χ0v) is 20.0. The molecule has 2 aromatic heterocycles. The molecule has 3 N–H and O–H groups in total. The van der Waals surface area contributed by atoms with Crippen LogP contribution in [0.5, 0.6) is 0 Å². The summed E-state index contributed by atoms with van der Waals surface area (Å²) < 4.78 is 13.1. The van der Waals surface area contributed by atoms with Gasteiger partial charge in [-0.2, -0.15) is 5.10 Å². The number of rotatable bonds is 10. The Morgan fingerprint density at radius 3 is 2.88 bits per heavy atom. The van der Waals surface area contributed by atoms with Crippen LogP contribution in [0, 0.1) is 6.92 Å². The monoisotopic (exact) mass is 474 g/mol. The van der Waals surface area contributed by atoms with Crippen LogP contribution < -0.4 is 10.6 Å². The highest BCUT2D eigenvalue weighted by atomic mass is 16.5. The van der Waals surface area contributed by atoms with Gasteiger partial charge in [-0.3, -0.25) is 4.79 Å². The molecule has 4 rings (SSSR count). The highest BCUT2D eigenvalue weighted by Gasteiger charge is 2.42. The Balaban J connectivity index is 1.57. The van der Waals surface area contributed by atoms with Crippen molar-refractivity contribution in [2.75, 3.05) is 33.4 Å². The molecule has 11 nitrogen and oxygen atoms in total. The second kappa shape index (κ2) is 10.7. The predicted octanol–water partition coefficient (Wildman–Crippen LogP) is 1.45. The van der Waals surface area contributed by atoms with Gasteiger partial charge in [0.05, 0.1) is 24.4 Å². The number of amides is 2. The average molecular weight is 475 g/mol. The third-order valence-electron chi connectivity index (χ3n) is 6.28. The molecule has 0 bridgehead atoms. The van der Waals surface area contributed by atoms with Crippen molar-refractivity contribution in [2.45, 2.75) is 63.9 Å². The highest BCUT2D eigenvalue weighted by Crippen LogP contribution is 2.37. The van der Waals surface area contributed by atoms with Crippen molar-refractivity contribution in [3.63, 3.8) is 0 Å². The summed E-state index contributed by atoms with van der Waals surface area (Å²) in [4.78, 5) is 31.0. The summed E-state index contributed by atoms with van der Waals surface area (Å²) in [6.07, 6.45) is 0.756. The Morgan fingerprint density at radius 2 is 2.18 bits per heavy atom. The van der Waals surface area contributed by atoms with Gasteiger partial charge in [-0.1, -0.05) is 0 Å². The minimum atomic E-state index is -1.04. The zero-order chi connectivity index (χ0) is 24.2. The molecule has 1 saturated heterocycles. The van der Waals surface area contributed by atoms with E-state index in [1.165, 1.54) is 0 Å². The molecule has 1 aliphatic carbocycles. The molecular weight excluding hydrogens is 440 g/mol. The number of carbonyl (C=O) groups is 2. The minimum absolute atomic E-state index is 0.0308. The molecule has 1 saturated carbocycles. The van der Waals surface area contributed by atoms with E-state index in [9.17, 15) is 9.59 Å². The predicted molar refractivity (Wildman–Crippen MR) is 125 cm³/mol. The molecule has 0 spiro atoms. The van der Waals surface area contributed by atoms with Crippen LogP contribution in [0.4, 0.5) is 4.79 Å². The molecule has 2 fully saturated rings. The Hall–Kier alpha value is -2.76. The maximum absolute atomic E-state index is 13.6. The Bertz CT molecular complexity index is 1020. The van der Waals surface area contributed by atoms with Gasteiger partial charge in [-0.15, -0.1) is 0 Å². The number of nitrogens with one attached hydrogen (secondary N) is 2. The van der Waals surface area contributed by atoms with Crippen molar-refractivity contribution in [2.24, 2.45) is 0 Å². The first-order valence-electron chi connectivity index (χ1n) is 11.9. The van der Waals surface area contributed by atoms with Crippen molar-refractivity contribution in [1.29, 1.82) is 0 Å². The molecular formula is C23H34N6O5. The lowest BCUT2D eigenvalue weighted by Crippen LogP contribution is -2.54. The second-order valence-electron chi connectivity index (χ2n) is 9.03. The van der Waals surface area contributed by atoms with Crippen LogP contribution in [0.25, 0.3) is 11.0 Å². The van der Waals surface area contributed by atoms with Crippen LogP contribution in [0.3, 0.4) is 0 Å². The van der Waals surface area contributed by atoms with Gasteiger partial charge in [-0.05, 0) is 45.2 Å². The van der Waals surface area contributed by atoms with Gasteiger partial charge in [-0.25, -0.2) is 14.5 Å². The number of carboxylic acid groups (broad SMARTS) is 1. The van der Waals surface area contributed by atoms with Crippen LogP contribution in [0.1, 0.15) is 43.6 Å². The maximum Gasteiger partial charge on any atom is 0.404 e. The number of aromatic nitrogens is 3. The Kier molecular flexibility index (Phi) is 7.64. The first kappa shape index (κ1) is 24.4. The van der Waals surface area contributed by atoms with Crippen LogP contribution in [0.2, 0.25) is 0 Å². The van der Waals surface area contributed by atoms with E-state index in [4.69, 9.17) is 19.7 Å². The molecule has 2 amide bonds. The normalized spacial score (nSPS) is 21.4. The van der Waals surface area contributed by atoms with Gasteiger partial charge in [0.15, 0.2) is 5.65 Å². The standard InChI is InChI=1S/C23H34N6O5/c1-14-5-8-18-20(27-28(21(18)26-14)10-4-9-25-23(31)32)15(2)29(16-6-7-16)22(30)19-12-24-11-17(34-19)13-33-3/h5,8,15-17,19,24-25H,4,6-7,9-13H2,1-3H3,(H,31,32)/t15?,17-,19+/m0/s1. The minimum Gasteiger partial charge on any atom is -0.465 e. The molecule has 3 atom stereocenters. The highest BCUT2D eigenvalue weighted by molar-refractivity contribution is 5.84. The largest absolute Gasteiger partial charge is 0.465 e. The molecule has 0 aromatic carbocycles. The van der Waals surface area contributed by atoms with Gasteiger partial charge in [0.2, 0.25) is 0 Å². The number of nitrogens with zero attached hydrogens (tertiary/aromatic N) is 4. The van der Waals surface area contributed by atoms with E-state index >= 15 is 0 Å². The van der Waals surface area contributed by atoms with Gasteiger partial charge in [0, 0.05) is 50.4 Å². The Morgan fingerprint density at radius 1 is 1.38 bits per heavy atom. The van der Waals surface area contributed by atoms with E-state index in [0.29, 0.717) is 39.2 Å². The second-order valence-corrected chi connectivity index (χ2v) is 9.03. The van der Waals surface area contributed by atoms with E-state index in [2.05, 4.69) is 15.6 Å². The van der Waals surface area contributed by atoms with E-state index < -0.39 is 12.2 Å². The van der Waals surface area contributed by atoms with Crippen LogP contribution >= 0.6 is 0 Å². The number of morpholine rings is 1. The molecule has 34 heavy (non-hydrogen) atoms. The van der Waals surface area contributed by atoms with Crippen LogP contribution in [0.15, 0.2) is 12.1 Å². The lowest BCUT2D eigenvalue weighted by molar-refractivity contribution is -0.156. The summed E-state index contributed by atoms with van der Waals surface area (Å²) in [5.74, 6) is -0.0308. The summed E-state index contributed by atoms with van der Waals surface area (Å²) in [7, 11) is 1.63.